The van der Waals surface area contributed by atoms with Crippen molar-refractivity contribution in [3.05, 3.63) is 40.3 Å². The summed E-state index contributed by atoms with van der Waals surface area (Å²) in [6, 6.07) is 7.21. The smallest absolute Gasteiger partial charge is 0.348 e. The van der Waals surface area contributed by atoms with Gasteiger partial charge in [-0.05, 0) is 62.8 Å². The zero-order valence-corrected chi connectivity index (χ0v) is 17.7. The van der Waals surface area contributed by atoms with E-state index < -0.39 is 11.9 Å². The number of nitrogens with one attached hydrogen (secondary N) is 2. The van der Waals surface area contributed by atoms with Crippen LogP contribution in [0.5, 0.6) is 5.75 Å². The summed E-state index contributed by atoms with van der Waals surface area (Å²) in [5.74, 6) is -0.291. The molecule has 150 valence electrons. The van der Waals surface area contributed by atoms with Gasteiger partial charge in [0.1, 0.15) is 15.6 Å². The van der Waals surface area contributed by atoms with Crippen LogP contribution >= 0.6 is 23.6 Å². The lowest BCUT2D eigenvalue weighted by molar-refractivity contribution is 0.0527. The first kappa shape index (κ1) is 21.6. The Morgan fingerprint density at radius 1 is 1.04 bits per heavy atom. The third-order valence-corrected chi connectivity index (χ3v) is 5.05. The summed E-state index contributed by atoms with van der Waals surface area (Å²) in [5, 5.41) is 6.70. The van der Waals surface area contributed by atoms with Crippen LogP contribution in [0.2, 0.25) is 0 Å². The third kappa shape index (κ3) is 5.20. The van der Waals surface area contributed by atoms with E-state index in [9.17, 15) is 9.59 Å². The van der Waals surface area contributed by atoms with Gasteiger partial charge in [-0.2, -0.15) is 0 Å². The fraction of sp³-hybridized carbons (Fsp3) is 0.316. The van der Waals surface area contributed by atoms with Crippen molar-refractivity contribution in [2.75, 3.05) is 31.0 Å². The second-order valence-electron chi connectivity index (χ2n) is 5.51. The van der Waals surface area contributed by atoms with Crippen LogP contribution in [-0.2, 0) is 9.47 Å². The first-order valence-electron chi connectivity index (χ1n) is 8.60. The average Bonchev–Trinajstić information content (AvgIpc) is 2.98. The second kappa shape index (κ2) is 10.0. The van der Waals surface area contributed by atoms with E-state index in [-0.39, 0.29) is 23.9 Å². The number of thiophene rings is 1. The summed E-state index contributed by atoms with van der Waals surface area (Å²) in [6.07, 6.45) is 0. The highest BCUT2D eigenvalue weighted by Crippen LogP contribution is 2.34. The molecule has 2 N–H and O–H groups in total. The molecule has 0 saturated heterocycles. The molecule has 1 heterocycles. The van der Waals surface area contributed by atoms with Crippen LogP contribution in [0.3, 0.4) is 0 Å². The maximum absolute atomic E-state index is 12.4. The summed E-state index contributed by atoms with van der Waals surface area (Å²) < 4.78 is 15.3. The number of carbonyl (C=O) groups excluding carboxylic acids is 2. The van der Waals surface area contributed by atoms with Crippen molar-refractivity contribution < 1.29 is 23.8 Å². The van der Waals surface area contributed by atoms with Gasteiger partial charge >= 0.3 is 11.9 Å². The molecular weight excluding hydrogens is 400 g/mol. The van der Waals surface area contributed by atoms with Gasteiger partial charge in [0.2, 0.25) is 0 Å². The molecule has 0 bridgehead atoms. The highest BCUT2D eigenvalue weighted by atomic mass is 32.1. The first-order chi connectivity index (χ1) is 13.4. The van der Waals surface area contributed by atoms with Gasteiger partial charge in [0, 0.05) is 5.69 Å². The molecule has 7 nitrogen and oxygen atoms in total. The molecule has 0 saturated carbocycles. The number of esters is 2. The molecule has 0 atom stereocenters. The molecule has 0 aliphatic heterocycles. The Kier molecular flexibility index (Phi) is 7.77. The van der Waals surface area contributed by atoms with Crippen LogP contribution in [-0.4, -0.2) is 37.4 Å². The van der Waals surface area contributed by atoms with E-state index >= 15 is 0 Å². The van der Waals surface area contributed by atoms with Gasteiger partial charge < -0.3 is 24.8 Å². The predicted octanol–water partition coefficient (Wildman–Crippen LogP) is 4.23. The summed E-state index contributed by atoms with van der Waals surface area (Å²) in [5.41, 5.74) is 1.51. The number of thiocarbonyl (C=S) groups is 1. The number of ether oxygens (including phenoxy) is 3. The van der Waals surface area contributed by atoms with Crippen molar-refractivity contribution in [2.24, 2.45) is 0 Å². The molecule has 0 amide bonds. The molecule has 28 heavy (non-hydrogen) atoms. The van der Waals surface area contributed by atoms with Crippen LogP contribution in [0.4, 0.5) is 10.7 Å². The lowest BCUT2D eigenvalue weighted by Gasteiger charge is -2.11. The normalized spacial score (nSPS) is 10.1. The molecule has 0 unspecified atom stereocenters. The highest BCUT2D eigenvalue weighted by molar-refractivity contribution is 7.80. The standard InChI is InChI=1S/C19H22N2O5S2/c1-5-25-17(22)14-11(3)15(18(23)26-6-2)28-16(14)21-19(27)20-12-7-9-13(24-4)10-8-12/h7-10H,5-6H2,1-4H3,(H2,20,21,27). The largest absolute Gasteiger partial charge is 0.497 e. The first-order valence-corrected chi connectivity index (χ1v) is 9.83. The maximum Gasteiger partial charge on any atom is 0.348 e. The fourth-order valence-electron chi connectivity index (χ4n) is 2.38. The van der Waals surface area contributed by atoms with Crippen LogP contribution in [0, 0.1) is 6.92 Å². The lowest BCUT2D eigenvalue weighted by atomic mass is 10.1. The van der Waals surface area contributed by atoms with Crippen LogP contribution in [0.25, 0.3) is 0 Å². The van der Waals surface area contributed by atoms with Gasteiger partial charge in [-0.25, -0.2) is 9.59 Å². The molecule has 0 fully saturated rings. The topological polar surface area (TPSA) is 85.9 Å². The Bertz CT molecular complexity index is 862. The molecule has 0 aliphatic rings. The number of hydrogen-bond donors (Lipinski definition) is 2. The highest BCUT2D eigenvalue weighted by Gasteiger charge is 2.26. The number of hydrogen-bond acceptors (Lipinski definition) is 7. The zero-order valence-electron chi connectivity index (χ0n) is 16.1. The zero-order chi connectivity index (χ0) is 20.7. The van der Waals surface area contributed by atoms with E-state index in [4.69, 9.17) is 26.4 Å². The molecule has 1 aromatic heterocycles. The molecule has 0 spiro atoms. The summed E-state index contributed by atoms with van der Waals surface area (Å²) in [4.78, 5) is 24.9. The predicted molar refractivity (Wildman–Crippen MR) is 114 cm³/mol. The van der Waals surface area contributed by atoms with E-state index in [0.29, 0.717) is 15.4 Å². The van der Waals surface area contributed by atoms with E-state index in [1.165, 1.54) is 0 Å². The van der Waals surface area contributed by atoms with Crippen molar-refractivity contribution in [3.8, 4) is 5.75 Å². The third-order valence-electron chi connectivity index (χ3n) is 3.66. The average molecular weight is 423 g/mol. The maximum atomic E-state index is 12.4. The Labute approximate surface area is 173 Å². The lowest BCUT2D eigenvalue weighted by Crippen LogP contribution is -2.20. The molecule has 9 heteroatoms. The summed E-state index contributed by atoms with van der Waals surface area (Å²) in [7, 11) is 1.59. The van der Waals surface area contributed by atoms with Crippen molar-refractivity contribution >= 4 is 51.3 Å². The fourth-order valence-corrected chi connectivity index (χ4v) is 3.76. The van der Waals surface area contributed by atoms with Crippen molar-refractivity contribution in [1.82, 2.24) is 0 Å². The van der Waals surface area contributed by atoms with E-state index in [1.807, 2.05) is 12.1 Å². The number of methoxy groups -OCH3 is 1. The van der Waals surface area contributed by atoms with Gasteiger partial charge in [0.05, 0.1) is 25.9 Å². The number of rotatable bonds is 7. The van der Waals surface area contributed by atoms with E-state index in [1.54, 1.807) is 40.0 Å². The van der Waals surface area contributed by atoms with Crippen molar-refractivity contribution in [3.63, 3.8) is 0 Å². The molecule has 2 rings (SSSR count). The minimum Gasteiger partial charge on any atom is -0.497 e. The van der Waals surface area contributed by atoms with Crippen molar-refractivity contribution in [2.45, 2.75) is 20.8 Å². The van der Waals surface area contributed by atoms with Crippen molar-refractivity contribution in [1.29, 1.82) is 0 Å². The monoisotopic (exact) mass is 422 g/mol. The van der Waals surface area contributed by atoms with Crippen LogP contribution in [0.15, 0.2) is 24.3 Å². The molecule has 0 aliphatic carbocycles. The van der Waals surface area contributed by atoms with E-state index in [2.05, 4.69) is 10.6 Å². The molecule has 1 aromatic carbocycles. The molecule has 0 radical (unpaired) electrons. The van der Waals surface area contributed by atoms with Gasteiger partial charge in [-0.3, -0.25) is 0 Å². The quantitative estimate of drug-likeness (QED) is 0.507. The van der Waals surface area contributed by atoms with Gasteiger partial charge in [0.15, 0.2) is 5.11 Å². The van der Waals surface area contributed by atoms with E-state index in [0.717, 1.165) is 22.8 Å². The van der Waals surface area contributed by atoms with Gasteiger partial charge in [-0.15, -0.1) is 11.3 Å². The molecule has 2 aromatic rings. The number of carbonyl (C=O) groups is 2. The Morgan fingerprint density at radius 2 is 1.64 bits per heavy atom. The Balaban J connectivity index is 2.26. The minimum atomic E-state index is -0.526. The Morgan fingerprint density at radius 3 is 2.21 bits per heavy atom. The van der Waals surface area contributed by atoms with Crippen LogP contribution < -0.4 is 15.4 Å². The Hall–Kier alpha value is -2.65. The second-order valence-corrected chi connectivity index (χ2v) is 6.94. The minimum absolute atomic E-state index is 0.219. The van der Waals surface area contributed by atoms with Crippen LogP contribution in [0.1, 0.15) is 39.4 Å². The summed E-state index contributed by atoms with van der Waals surface area (Å²) >= 11 is 6.44. The number of anilines is 2. The SMILES string of the molecule is CCOC(=O)c1sc(NC(=S)Nc2ccc(OC)cc2)c(C(=O)OCC)c1C. The van der Waals surface area contributed by atoms with Gasteiger partial charge in [-0.1, -0.05) is 0 Å². The molecular formula is C19H22N2O5S2. The number of benzene rings is 1. The summed E-state index contributed by atoms with van der Waals surface area (Å²) in [6.45, 7) is 5.58. The van der Waals surface area contributed by atoms with Gasteiger partial charge in [0.25, 0.3) is 0 Å².